The second-order valence-electron chi connectivity index (χ2n) is 11.9. The molecule has 0 fully saturated rings. The molecule has 8 nitrogen and oxygen atoms in total. The monoisotopic (exact) mass is 557 g/mol. The maximum Gasteiger partial charge on any atom is 0.244 e. The van der Waals surface area contributed by atoms with Crippen LogP contribution in [0.1, 0.15) is 48.6 Å². The molecule has 0 bridgehead atoms. The average molecular weight is 558 g/mol. The molecule has 1 atom stereocenters. The van der Waals surface area contributed by atoms with Gasteiger partial charge in [-0.05, 0) is 53.3 Å². The fourth-order valence-corrected chi connectivity index (χ4v) is 5.77. The van der Waals surface area contributed by atoms with Gasteiger partial charge in [0.2, 0.25) is 17.7 Å². The summed E-state index contributed by atoms with van der Waals surface area (Å²) in [5.41, 5.74) is 4.08. The number of carbonyl (C=O) groups is 3. The van der Waals surface area contributed by atoms with Crippen molar-refractivity contribution in [3.8, 4) is 0 Å². The molecule has 214 valence electrons. The number of halogens is 1. The molecule has 3 amide bonds. The van der Waals surface area contributed by atoms with Gasteiger partial charge in [-0.3, -0.25) is 14.4 Å². The summed E-state index contributed by atoms with van der Waals surface area (Å²) >= 11 is 0. The number of rotatable bonds is 9. The highest BCUT2D eigenvalue weighted by atomic mass is 19.1. The normalized spacial score (nSPS) is 17.2. The van der Waals surface area contributed by atoms with E-state index in [0.717, 1.165) is 27.8 Å². The molecule has 0 saturated carbocycles. The number of amides is 3. The van der Waals surface area contributed by atoms with E-state index in [1.165, 1.54) is 0 Å². The molecule has 3 aromatic rings. The summed E-state index contributed by atoms with van der Waals surface area (Å²) in [6, 6.07) is 17.2. The Morgan fingerprint density at radius 1 is 1.05 bits per heavy atom. The third-order valence-corrected chi connectivity index (χ3v) is 7.79. The van der Waals surface area contributed by atoms with Gasteiger partial charge in [0.25, 0.3) is 0 Å². The van der Waals surface area contributed by atoms with Crippen molar-refractivity contribution in [3.63, 3.8) is 0 Å². The van der Waals surface area contributed by atoms with Crippen LogP contribution in [0.3, 0.4) is 0 Å². The Morgan fingerprint density at radius 3 is 2.56 bits per heavy atom. The lowest BCUT2D eigenvalue weighted by Crippen LogP contribution is -2.43. The van der Waals surface area contributed by atoms with E-state index >= 15 is 0 Å². The summed E-state index contributed by atoms with van der Waals surface area (Å²) in [5.74, 6) is 0.109. The summed E-state index contributed by atoms with van der Waals surface area (Å²) < 4.78 is 12.6. The predicted octanol–water partition coefficient (Wildman–Crippen LogP) is 4.14. The second kappa shape index (κ2) is 11.4. The predicted molar refractivity (Wildman–Crippen MR) is 156 cm³/mol. The number of nitrogens with one attached hydrogen (secondary N) is 3. The van der Waals surface area contributed by atoms with E-state index in [4.69, 9.17) is 0 Å². The molecule has 0 radical (unpaired) electrons. The first kappa shape index (κ1) is 28.4. The Hall–Kier alpha value is -4.11. The first-order valence-corrected chi connectivity index (χ1v) is 13.9. The quantitative estimate of drug-likeness (QED) is 0.343. The molecule has 1 aliphatic heterocycles. The standard InChI is InChI=1S/C32H36FN5O3/c1-31(2,3)30(41)38(19-23-8-5-4-7-22(23)18-34-14-12-33)20-27(39)36-25-11-10-21-16-32(17-24(21)15-25)26-9-6-13-35-28(26)37-29(32)40/h4-11,13,15,34H,12,14,16-20H2,1-3H3,(H,36,39)(H,35,37,40). The summed E-state index contributed by atoms with van der Waals surface area (Å²) in [7, 11) is 0. The molecule has 1 spiro atoms. The van der Waals surface area contributed by atoms with Crippen molar-refractivity contribution in [2.45, 2.75) is 52.1 Å². The van der Waals surface area contributed by atoms with Crippen LogP contribution in [0.2, 0.25) is 0 Å². The van der Waals surface area contributed by atoms with E-state index in [0.29, 0.717) is 30.9 Å². The second-order valence-corrected chi connectivity index (χ2v) is 11.9. The minimum Gasteiger partial charge on any atom is -0.329 e. The van der Waals surface area contributed by atoms with Gasteiger partial charge in [-0.1, -0.05) is 57.2 Å². The first-order chi connectivity index (χ1) is 19.6. The molecule has 1 unspecified atom stereocenters. The van der Waals surface area contributed by atoms with Crippen molar-refractivity contribution in [2.75, 3.05) is 30.4 Å². The van der Waals surface area contributed by atoms with Gasteiger partial charge in [-0.25, -0.2) is 9.37 Å². The smallest absolute Gasteiger partial charge is 0.244 e. The largest absolute Gasteiger partial charge is 0.329 e. The molecular weight excluding hydrogens is 521 g/mol. The summed E-state index contributed by atoms with van der Waals surface area (Å²) in [5, 5.41) is 8.94. The number of fused-ring (bicyclic) bond motifs is 3. The van der Waals surface area contributed by atoms with Crippen molar-refractivity contribution in [1.29, 1.82) is 0 Å². The Kier molecular flexibility index (Phi) is 7.91. The van der Waals surface area contributed by atoms with Gasteiger partial charge in [-0.15, -0.1) is 0 Å². The van der Waals surface area contributed by atoms with E-state index < -0.39 is 17.5 Å². The topological polar surface area (TPSA) is 103 Å². The minimum atomic E-state index is -0.684. The lowest BCUT2D eigenvalue weighted by molar-refractivity contribution is -0.142. The van der Waals surface area contributed by atoms with Crippen molar-refractivity contribution in [3.05, 3.63) is 88.6 Å². The van der Waals surface area contributed by atoms with Crippen LogP contribution in [0.4, 0.5) is 15.9 Å². The van der Waals surface area contributed by atoms with Crippen LogP contribution in [0.25, 0.3) is 0 Å². The van der Waals surface area contributed by atoms with E-state index in [1.807, 2.05) is 75.4 Å². The van der Waals surface area contributed by atoms with Gasteiger partial charge in [0, 0.05) is 42.5 Å². The van der Waals surface area contributed by atoms with Crippen LogP contribution in [0.5, 0.6) is 0 Å². The number of hydrogen-bond donors (Lipinski definition) is 3. The van der Waals surface area contributed by atoms with E-state index in [2.05, 4.69) is 20.9 Å². The van der Waals surface area contributed by atoms with Crippen LogP contribution in [-0.4, -0.2) is 47.4 Å². The minimum absolute atomic E-state index is 0.0514. The Balaban J connectivity index is 1.31. The number of aromatic nitrogens is 1. The highest BCUT2D eigenvalue weighted by molar-refractivity contribution is 6.06. The maximum absolute atomic E-state index is 13.4. The zero-order valence-corrected chi connectivity index (χ0v) is 23.7. The van der Waals surface area contributed by atoms with Crippen molar-refractivity contribution in [2.24, 2.45) is 5.41 Å². The lowest BCUT2D eigenvalue weighted by atomic mass is 9.79. The van der Waals surface area contributed by atoms with Gasteiger partial charge < -0.3 is 20.9 Å². The van der Waals surface area contributed by atoms with Crippen LogP contribution in [0, 0.1) is 5.41 Å². The highest BCUT2D eigenvalue weighted by Gasteiger charge is 2.51. The van der Waals surface area contributed by atoms with Gasteiger partial charge in [-0.2, -0.15) is 0 Å². The third kappa shape index (κ3) is 5.86. The van der Waals surface area contributed by atoms with Gasteiger partial charge in [0.05, 0.1) is 5.41 Å². The fraction of sp³-hybridized carbons (Fsp3) is 0.375. The van der Waals surface area contributed by atoms with Crippen LogP contribution in [0.15, 0.2) is 60.8 Å². The molecule has 2 heterocycles. The summed E-state index contributed by atoms with van der Waals surface area (Å²) in [6.07, 6.45) is 2.77. The molecule has 2 aliphatic rings. The Bertz CT molecular complexity index is 1480. The summed E-state index contributed by atoms with van der Waals surface area (Å²) in [4.78, 5) is 45.6. The van der Waals surface area contributed by atoms with Crippen LogP contribution >= 0.6 is 0 Å². The van der Waals surface area contributed by atoms with Gasteiger partial charge in [0.15, 0.2) is 0 Å². The molecule has 1 aliphatic carbocycles. The number of hydrogen-bond acceptors (Lipinski definition) is 5. The number of benzene rings is 2. The third-order valence-electron chi connectivity index (χ3n) is 7.79. The molecule has 41 heavy (non-hydrogen) atoms. The van der Waals surface area contributed by atoms with Crippen molar-refractivity contribution in [1.82, 2.24) is 15.2 Å². The van der Waals surface area contributed by atoms with E-state index in [-0.39, 0.29) is 37.4 Å². The lowest BCUT2D eigenvalue weighted by Gasteiger charge is -2.30. The zero-order valence-electron chi connectivity index (χ0n) is 23.7. The molecule has 9 heteroatoms. The highest BCUT2D eigenvalue weighted by Crippen LogP contribution is 2.46. The molecule has 2 aromatic carbocycles. The molecular formula is C32H36FN5O3. The maximum atomic E-state index is 13.4. The molecule has 3 N–H and O–H groups in total. The van der Waals surface area contributed by atoms with Crippen LogP contribution < -0.4 is 16.0 Å². The number of alkyl halides is 1. The number of anilines is 2. The number of nitrogens with zero attached hydrogens (tertiary/aromatic N) is 2. The number of carbonyl (C=O) groups excluding carboxylic acids is 3. The van der Waals surface area contributed by atoms with E-state index in [9.17, 15) is 18.8 Å². The summed E-state index contributed by atoms with van der Waals surface area (Å²) in [6.45, 7) is 5.89. The zero-order chi connectivity index (χ0) is 29.2. The SMILES string of the molecule is CC(C)(C)C(=O)N(CC(=O)Nc1ccc2c(c1)CC1(C2)C(=O)Nc2ncccc21)Cc1ccccc1CNCCF. The first-order valence-electron chi connectivity index (χ1n) is 13.9. The van der Waals surface area contributed by atoms with Crippen molar-refractivity contribution < 1.29 is 18.8 Å². The molecule has 1 aromatic heterocycles. The molecule has 0 saturated heterocycles. The number of pyridine rings is 1. The van der Waals surface area contributed by atoms with Gasteiger partial charge >= 0.3 is 0 Å². The Morgan fingerprint density at radius 2 is 1.80 bits per heavy atom. The average Bonchev–Trinajstić information content (AvgIpc) is 3.45. The van der Waals surface area contributed by atoms with Gasteiger partial charge in [0.1, 0.15) is 19.0 Å². The van der Waals surface area contributed by atoms with Crippen LogP contribution in [-0.2, 0) is 45.7 Å². The fourth-order valence-electron chi connectivity index (χ4n) is 5.77. The van der Waals surface area contributed by atoms with Crippen molar-refractivity contribution >= 4 is 29.2 Å². The molecule has 5 rings (SSSR count). The van der Waals surface area contributed by atoms with E-state index in [1.54, 1.807) is 11.1 Å². The Labute approximate surface area is 239 Å².